The number of piperazine rings is 1. The molecule has 3 rings (SSSR count). The number of benzene rings is 1. The number of amides is 2. The zero-order chi connectivity index (χ0) is 22.4. The van der Waals surface area contributed by atoms with Crippen molar-refractivity contribution in [1.29, 1.82) is 0 Å². The number of carbonyl (C=O) groups is 2. The van der Waals surface area contributed by atoms with Crippen molar-refractivity contribution >= 4 is 39.0 Å². The quantitative estimate of drug-likeness (QED) is 0.554. The van der Waals surface area contributed by atoms with E-state index in [1.807, 2.05) is 30.3 Å². The first-order valence-corrected chi connectivity index (χ1v) is 12.6. The number of nitrogens with zero attached hydrogens (tertiary/aromatic N) is 3. The van der Waals surface area contributed by atoms with Gasteiger partial charge in [-0.3, -0.25) is 14.5 Å². The lowest BCUT2D eigenvalue weighted by Crippen LogP contribution is -2.52. The maximum Gasteiger partial charge on any atom is 0.240 e. The van der Waals surface area contributed by atoms with E-state index in [0.717, 1.165) is 5.56 Å². The van der Waals surface area contributed by atoms with E-state index >= 15 is 0 Å². The minimum atomic E-state index is -3.68. The molecule has 0 radical (unpaired) electrons. The van der Waals surface area contributed by atoms with Gasteiger partial charge in [0.1, 0.15) is 11.9 Å². The molecule has 1 aliphatic rings. The molecule has 0 aliphatic carbocycles. The highest BCUT2D eigenvalue weighted by molar-refractivity contribution is 7.89. The number of aromatic nitrogens is 1. The van der Waals surface area contributed by atoms with Crippen LogP contribution in [0.1, 0.15) is 12.5 Å². The number of nitrogens with two attached hydrogens (primary N) is 1. The molecule has 1 fully saturated rings. The maximum atomic E-state index is 13.6. The van der Waals surface area contributed by atoms with Crippen molar-refractivity contribution in [2.75, 3.05) is 36.8 Å². The number of rotatable bonds is 9. The molecular formula is C20H27N5O4S2. The Labute approximate surface area is 186 Å². The Morgan fingerprint density at radius 1 is 1.26 bits per heavy atom. The summed E-state index contributed by atoms with van der Waals surface area (Å²) in [5.41, 5.74) is 7.87. The van der Waals surface area contributed by atoms with Gasteiger partial charge < -0.3 is 11.1 Å². The second-order valence-corrected chi connectivity index (χ2v) is 10.2. The molecule has 2 unspecified atom stereocenters. The molecule has 1 aromatic carbocycles. The number of primary amides is 1. The van der Waals surface area contributed by atoms with Gasteiger partial charge in [-0.05, 0) is 18.9 Å². The molecule has 1 aliphatic heterocycles. The van der Waals surface area contributed by atoms with Gasteiger partial charge in [-0.25, -0.2) is 13.4 Å². The summed E-state index contributed by atoms with van der Waals surface area (Å²) >= 11 is 1.28. The Bertz CT molecular complexity index is 976. The van der Waals surface area contributed by atoms with Crippen LogP contribution in [0.15, 0.2) is 41.2 Å². The molecule has 9 nitrogen and oxygen atoms in total. The van der Waals surface area contributed by atoms with Crippen LogP contribution in [0.3, 0.4) is 0 Å². The average molecular weight is 466 g/mol. The minimum absolute atomic E-state index is 0.219. The second kappa shape index (κ2) is 10.3. The van der Waals surface area contributed by atoms with Crippen molar-refractivity contribution in [2.24, 2.45) is 11.7 Å². The summed E-state index contributed by atoms with van der Waals surface area (Å²) in [6, 6.07) is 8.27. The van der Waals surface area contributed by atoms with Crippen molar-refractivity contribution in [3.05, 3.63) is 46.8 Å². The van der Waals surface area contributed by atoms with Crippen molar-refractivity contribution in [1.82, 2.24) is 14.6 Å². The molecule has 0 saturated carbocycles. The molecule has 31 heavy (non-hydrogen) atoms. The van der Waals surface area contributed by atoms with Crippen LogP contribution in [0, 0.1) is 5.92 Å². The summed E-state index contributed by atoms with van der Waals surface area (Å²) < 4.78 is 27.7. The predicted molar refractivity (Wildman–Crippen MR) is 120 cm³/mol. The van der Waals surface area contributed by atoms with E-state index in [4.69, 9.17) is 5.73 Å². The van der Waals surface area contributed by atoms with Crippen LogP contribution < -0.4 is 16.0 Å². The molecule has 1 aromatic heterocycles. The van der Waals surface area contributed by atoms with Crippen LogP contribution in [0.25, 0.3) is 0 Å². The van der Waals surface area contributed by atoms with Crippen LogP contribution in [0.4, 0.5) is 5.82 Å². The van der Waals surface area contributed by atoms with Gasteiger partial charge in [0, 0.05) is 31.6 Å². The van der Waals surface area contributed by atoms with E-state index in [1.165, 1.54) is 27.5 Å². The molecule has 2 amide bonds. The first-order valence-electron chi connectivity index (χ1n) is 10.0. The first-order chi connectivity index (χ1) is 14.8. The number of thiazole rings is 1. The van der Waals surface area contributed by atoms with Gasteiger partial charge in [0.05, 0.1) is 17.2 Å². The summed E-state index contributed by atoms with van der Waals surface area (Å²) in [7, 11) is -3.68. The third kappa shape index (κ3) is 5.88. The van der Waals surface area contributed by atoms with Crippen molar-refractivity contribution in [3.8, 4) is 0 Å². The third-order valence-corrected chi connectivity index (χ3v) is 7.81. The first kappa shape index (κ1) is 23.3. The highest BCUT2D eigenvalue weighted by Crippen LogP contribution is 2.23. The Kier molecular flexibility index (Phi) is 7.76. The molecule has 3 N–H and O–H groups in total. The summed E-state index contributed by atoms with van der Waals surface area (Å²) in [6.45, 7) is 3.38. The number of nitrogens with one attached hydrogen (secondary N) is 1. The number of anilines is 1. The molecule has 0 spiro atoms. The minimum Gasteiger partial charge on any atom is -0.368 e. The number of sulfonamides is 1. The topological polar surface area (TPSA) is 126 Å². The van der Waals surface area contributed by atoms with Crippen molar-refractivity contribution in [2.45, 2.75) is 19.4 Å². The number of hydrogen-bond donors (Lipinski definition) is 2. The second-order valence-electron chi connectivity index (χ2n) is 7.45. The summed E-state index contributed by atoms with van der Waals surface area (Å²) in [4.78, 5) is 31.0. The Hall–Kier alpha value is -2.34. The van der Waals surface area contributed by atoms with Crippen LogP contribution in [-0.4, -0.2) is 67.5 Å². The smallest absolute Gasteiger partial charge is 0.240 e. The Morgan fingerprint density at radius 3 is 2.52 bits per heavy atom. The lowest BCUT2D eigenvalue weighted by molar-refractivity contribution is -0.126. The van der Waals surface area contributed by atoms with E-state index < -0.39 is 33.8 Å². The molecule has 1 saturated heterocycles. The normalized spacial score (nSPS) is 17.1. The van der Waals surface area contributed by atoms with E-state index in [-0.39, 0.29) is 12.2 Å². The fourth-order valence-electron chi connectivity index (χ4n) is 3.55. The highest BCUT2D eigenvalue weighted by Gasteiger charge is 2.37. The van der Waals surface area contributed by atoms with E-state index in [9.17, 15) is 18.0 Å². The van der Waals surface area contributed by atoms with Crippen LogP contribution in [-0.2, 0) is 26.0 Å². The lowest BCUT2D eigenvalue weighted by Gasteiger charge is -2.31. The van der Waals surface area contributed by atoms with Gasteiger partial charge in [-0.15, -0.1) is 11.3 Å². The van der Waals surface area contributed by atoms with Gasteiger partial charge in [0.15, 0.2) is 0 Å². The third-order valence-electron chi connectivity index (χ3n) is 5.26. The van der Waals surface area contributed by atoms with Gasteiger partial charge in [0.2, 0.25) is 21.8 Å². The molecule has 168 valence electrons. The monoisotopic (exact) mass is 465 g/mol. The predicted octanol–water partition coefficient (Wildman–Crippen LogP) is 0.444. The largest absolute Gasteiger partial charge is 0.368 e. The molecular weight excluding hydrogens is 438 g/mol. The van der Waals surface area contributed by atoms with Crippen molar-refractivity contribution < 1.29 is 18.0 Å². The van der Waals surface area contributed by atoms with E-state index in [0.29, 0.717) is 32.0 Å². The van der Waals surface area contributed by atoms with E-state index in [1.54, 1.807) is 10.9 Å². The fraction of sp³-hybridized carbons (Fsp3) is 0.450. The van der Waals surface area contributed by atoms with Gasteiger partial charge in [-0.2, -0.15) is 4.31 Å². The highest BCUT2D eigenvalue weighted by atomic mass is 32.2. The zero-order valence-corrected chi connectivity index (χ0v) is 18.9. The lowest BCUT2D eigenvalue weighted by atomic mass is 9.99. The number of carbonyl (C=O) groups excluding carboxylic acids is 2. The van der Waals surface area contributed by atoms with Crippen molar-refractivity contribution in [3.63, 3.8) is 0 Å². The molecule has 2 atom stereocenters. The van der Waals surface area contributed by atoms with Crippen LogP contribution >= 0.6 is 11.3 Å². The molecule has 2 heterocycles. The summed E-state index contributed by atoms with van der Waals surface area (Å²) in [5.74, 6) is -2.14. The standard InChI is InChI=1S/C20H27N5O4S2/c1-15(19(21)26)25(18-12-30-14-23-18)20(27)17(11-16-5-3-2-4-6-16)13-31(28,29)24-9-7-22-8-10-24/h2-6,12,14-15,17,22H,7-11,13H2,1H3,(H2,21,26). The van der Waals surface area contributed by atoms with Crippen LogP contribution in [0.5, 0.6) is 0 Å². The molecule has 2 aromatic rings. The van der Waals surface area contributed by atoms with E-state index in [2.05, 4.69) is 10.3 Å². The molecule has 0 bridgehead atoms. The summed E-state index contributed by atoms with van der Waals surface area (Å²) in [6.07, 6.45) is 0.219. The Morgan fingerprint density at radius 2 is 1.94 bits per heavy atom. The Balaban J connectivity index is 1.93. The maximum absolute atomic E-state index is 13.6. The molecule has 11 heteroatoms. The zero-order valence-electron chi connectivity index (χ0n) is 17.3. The average Bonchev–Trinajstić information content (AvgIpc) is 3.29. The number of hydrogen-bond acceptors (Lipinski definition) is 7. The van der Waals surface area contributed by atoms with Crippen LogP contribution in [0.2, 0.25) is 0 Å². The SMILES string of the molecule is CC(C(N)=O)N(C(=O)C(Cc1ccccc1)CS(=O)(=O)N1CCNCC1)c1cscn1. The van der Waals surface area contributed by atoms with Gasteiger partial charge in [-0.1, -0.05) is 30.3 Å². The summed E-state index contributed by atoms with van der Waals surface area (Å²) in [5, 5.41) is 4.77. The van der Waals surface area contributed by atoms with Gasteiger partial charge in [0.25, 0.3) is 0 Å². The van der Waals surface area contributed by atoms with Gasteiger partial charge >= 0.3 is 0 Å². The fourth-order valence-corrected chi connectivity index (χ4v) is 5.79.